The summed E-state index contributed by atoms with van der Waals surface area (Å²) < 4.78 is 0. The molecule has 2 N–H and O–H groups in total. The normalized spacial score (nSPS) is 12.2. The molecule has 0 bridgehead atoms. The highest BCUT2D eigenvalue weighted by Crippen LogP contribution is 2.09. The lowest BCUT2D eigenvalue weighted by Crippen LogP contribution is -2.36. The highest BCUT2D eigenvalue weighted by atomic mass is 16.6. The van der Waals surface area contributed by atoms with E-state index < -0.39 is 12.0 Å². The molecule has 21 heavy (non-hydrogen) atoms. The Morgan fingerprint density at radius 2 is 1.81 bits per heavy atom. The first-order valence-corrected chi connectivity index (χ1v) is 7.88. The van der Waals surface area contributed by atoms with Gasteiger partial charge in [0.2, 0.25) is 0 Å². The van der Waals surface area contributed by atoms with Gasteiger partial charge < -0.3 is 5.11 Å². The van der Waals surface area contributed by atoms with Gasteiger partial charge >= 0.3 is 5.97 Å². The summed E-state index contributed by atoms with van der Waals surface area (Å²) in [6.45, 7) is 2.57. The summed E-state index contributed by atoms with van der Waals surface area (Å²) in [7, 11) is 0. The number of rotatable bonds is 12. The van der Waals surface area contributed by atoms with E-state index >= 15 is 0 Å². The standard InChI is InChI=1S/C17H27NO3/c1-2-3-4-5-6-10-13-16(17(19)20)18-21-14-15-11-8-7-9-12-15/h7-9,11-12,16,18H,2-6,10,13-14H2,1H3,(H,19,20). The Bertz CT molecular complexity index is 381. The van der Waals surface area contributed by atoms with Crippen LogP contribution < -0.4 is 5.48 Å². The molecular weight excluding hydrogens is 266 g/mol. The number of carbonyl (C=O) groups is 1. The first-order valence-electron chi connectivity index (χ1n) is 7.88. The van der Waals surface area contributed by atoms with Gasteiger partial charge in [-0.05, 0) is 12.0 Å². The van der Waals surface area contributed by atoms with Crippen molar-refractivity contribution < 1.29 is 14.7 Å². The second-order valence-electron chi connectivity index (χ2n) is 5.34. The summed E-state index contributed by atoms with van der Waals surface area (Å²) in [6, 6.07) is 9.08. The van der Waals surface area contributed by atoms with Crippen LogP contribution in [-0.4, -0.2) is 17.1 Å². The van der Waals surface area contributed by atoms with Gasteiger partial charge in [-0.1, -0.05) is 75.8 Å². The maximum Gasteiger partial charge on any atom is 0.323 e. The summed E-state index contributed by atoms with van der Waals surface area (Å²) in [5.74, 6) is -0.850. The van der Waals surface area contributed by atoms with Crippen molar-refractivity contribution in [2.24, 2.45) is 0 Å². The van der Waals surface area contributed by atoms with Crippen molar-refractivity contribution in [2.45, 2.75) is 64.5 Å². The molecule has 4 heteroatoms. The van der Waals surface area contributed by atoms with Crippen LogP contribution in [0.25, 0.3) is 0 Å². The predicted molar refractivity (Wildman–Crippen MR) is 83.8 cm³/mol. The van der Waals surface area contributed by atoms with Gasteiger partial charge in [0.15, 0.2) is 0 Å². The molecule has 1 aromatic carbocycles. The van der Waals surface area contributed by atoms with Crippen LogP contribution in [0.1, 0.15) is 57.4 Å². The predicted octanol–water partition coefficient (Wildman–Crippen LogP) is 3.91. The van der Waals surface area contributed by atoms with Crippen molar-refractivity contribution in [1.82, 2.24) is 5.48 Å². The zero-order chi connectivity index (χ0) is 15.3. The summed E-state index contributed by atoms with van der Waals surface area (Å²) >= 11 is 0. The van der Waals surface area contributed by atoms with E-state index in [0.29, 0.717) is 13.0 Å². The minimum Gasteiger partial charge on any atom is -0.480 e. The van der Waals surface area contributed by atoms with Crippen LogP contribution in [0.2, 0.25) is 0 Å². The van der Waals surface area contributed by atoms with Gasteiger partial charge in [-0.2, -0.15) is 5.48 Å². The summed E-state index contributed by atoms with van der Waals surface area (Å²) in [5.41, 5.74) is 3.69. The van der Waals surface area contributed by atoms with E-state index in [-0.39, 0.29) is 0 Å². The quantitative estimate of drug-likeness (QED) is 0.453. The van der Waals surface area contributed by atoms with Crippen molar-refractivity contribution in [2.75, 3.05) is 0 Å². The second kappa shape index (κ2) is 11.3. The Labute approximate surface area is 127 Å². The lowest BCUT2D eigenvalue weighted by molar-refractivity contribution is -0.145. The number of aliphatic carboxylic acids is 1. The molecule has 0 aliphatic rings. The molecule has 0 saturated heterocycles. The first kappa shape index (κ1) is 17.7. The third-order valence-electron chi connectivity index (χ3n) is 3.45. The van der Waals surface area contributed by atoms with Crippen molar-refractivity contribution in [3.8, 4) is 0 Å². The van der Waals surface area contributed by atoms with Gasteiger partial charge in [0.25, 0.3) is 0 Å². The molecule has 0 saturated carbocycles. The Morgan fingerprint density at radius 1 is 1.14 bits per heavy atom. The van der Waals surface area contributed by atoms with Crippen LogP contribution in [0.15, 0.2) is 30.3 Å². The van der Waals surface area contributed by atoms with Crippen molar-refractivity contribution in [3.63, 3.8) is 0 Å². The number of carboxylic acid groups (broad SMARTS) is 1. The van der Waals surface area contributed by atoms with E-state index in [0.717, 1.165) is 18.4 Å². The molecule has 0 fully saturated rings. The summed E-state index contributed by atoms with van der Waals surface area (Å²) in [5, 5.41) is 9.17. The summed E-state index contributed by atoms with van der Waals surface area (Å²) in [6.07, 6.45) is 7.54. The van der Waals surface area contributed by atoms with Crippen molar-refractivity contribution in [3.05, 3.63) is 35.9 Å². The molecule has 0 radical (unpaired) electrons. The van der Waals surface area contributed by atoms with Crippen LogP contribution >= 0.6 is 0 Å². The van der Waals surface area contributed by atoms with Gasteiger partial charge in [-0.3, -0.25) is 9.63 Å². The number of carboxylic acids is 1. The molecule has 0 amide bonds. The van der Waals surface area contributed by atoms with Crippen LogP contribution in [0, 0.1) is 0 Å². The third-order valence-corrected chi connectivity index (χ3v) is 3.45. The second-order valence-corrected chi connectivity index (χ2v) is 5.34. The number of nitrogens with one attached hydrogen (secondary N) is 1. The zero-order valence-corrected chi connectivity index (χ0v) is 12.9. The van der Waals surface area contributed by atoms with Crippen LogP contribution in [0.5, 0.6) is 0 Å². The largest absolute Gasteiger partial charge is 0.480 e. The summed E-state index contributed by atoms with van der Waals surface area (Å²) in [4.78, 5) is 16.5. The molecule has 1 atom stereocenters. The minimum absolute atomic E-state index is 0.376. The molecule has 1 rings (SSSR count). The third kappa shape index (κ3) is 8.48. The number of hydrogen-bond acceptors (Lipinski definition) is 3. The van der Waals surface area contributed by atoms with E-state index in [1.165, 1.54) is 25.7 Å². The average molecular weight is 293 g/mol. The monoisotopic (exact) mass is 293 g/mol. The fraction of sp³-hybridized carbons (Fsp3) is 0.588. The minimum atomic E-state index is -0.850. The highest BCUT2D eigenvalue weighted by Gasteiger charge is 2.16. The molecule has 1 unspecified atom stereocenters. The lowest BCUT2D eigenvalue weighted by Gasteiger charge is -2.14. The fourth-order valence-electron chi connectivity index (χ4n) is 2.16. The molecule has 118 valence electrons. The van der Waals surface area contributed by atoms with Gasteiger partial charge in [-0.25, -0.2) is 0 Å². The highest BCUT2D eigenvalue weighted by molar-refractivity contribution is 5.73. The smallest absolute Gasteiger partial charge is 0.323 e. The van der Waals surface area contributed by atoms with Gasteiger partial charge in [0.1, 0.15) is 6.04 Å². The molecule has 0 aromatic heterocycles. The van der Waals surface area contributed by atoms with E-state index in [2.05, 4.69) is 12.4 Å². The number of hydrogen-bond donors (Lipinski definition) is 2. The van der Waals surface area contributed by atoms with Crippen LogP contribution in [0.4, 0.5) is 0 Å². The Morgan fingerprint density at radius 3 is 2.48 bits per heavy atom. The van der Waals surface area contributed by atoms with E-state index in [1.807, 2.05) is 30.3 Å². The fourth-order valence-corrected chi connectivity index (χ4v) is 2.16. The topological polar surface area (TPSA) is 58.6 Å². The number of hydroxylamine groups is 1. The molecule has 1 aromatic rings. The van der Waals surface area contributed by atoms with E-state index in [9.17, 15) is 4.79 Å². The van der Waals surface area contributed by atoms with Crippen molar-refractivity contribution in [1.29, 1.82) is 0 Å². The van der Waals surface area contributed by atoms with E-state index in [1.54, 1.807) is 0 Å². The van der Waals surface area contributed by atoms with Crippen molar-refractivity contribution >= 4 is 5.97 Å². The SMILES string of the molecule is CCCCCCCCC(NOCc1ccccc1)C(=O)O. The molecule has 0 aliphatic carbocycles. The molecule has 4 nitrogen and oxygen atoms in total. The maximum absolute atomic E-state index is 11.2. The molecule has 0 spiro atoms. The Kier molecular flexibility index (Phi) is 9.49. The Balaban J connectivity index is 2.16. The lowest BCUT2D eigenvalue weighted by atomic mass is 10.1. The molecular formula is C17H27NO3. The van der Waals surface area contributed by atoms with Gasteiger partial charge in [0, 0.05) is 0 Å². The van der Waals surface area contributed by atoms with E-state index in [4.69, 9.17) is 9.94 Å². The molecule has 0 aliphatic heterocycles. The number of unbranched alkanes of at least 4 members (excludes halogenated alkanes) is 5. The van der Waals surface area contributed by atoms with Crippen LogP contribution in [0.3, 0.4) is 0 Å². The number of benzene rings is 1. The van der Waals surface area contributed by atoms with Crippen LogP contribution in [-0.2, 0) is 16.2 Å². The Hall–Kier alpha value is -1.39. The maximum atomic E-state index is 11.2. The van der Waals surface area contributed by atoms with Gasteiger partial charge in [-0.15, -0.1) is 0 Å². The first-order chi connectivity index (χ1) is 10.2. The average Bonchev–Trinajstić information content (AvgIpc) is 2.49. The zero-order valence-electron chi connectivity index (χ0n) is 12.9. The molecule has 0 heterocycles. The van der Waals surface area contributed by atoms with Gasteiger partial charge in [0.05, 0.1) is 6.61 Å².